The van der Waals surface area contributed by atoms with Gasteiger partial charge in [0.15, 0.2) is 0 Å². The molecule has 3 rings (SSSR count). The summed E-state index contributed by atoms with van der Waals surface area (Å²) in [5.74, 6) is 0. The number of halogens is 3. The molecule has 0 unspecified atom stereocenters. The van der Waals surface area contributed by atoms with Gasteiger partial charge in [-0.2, -0.15) is 0 Å². The minimum Gasteiger partial charge on any atom is -0.305 e. The molecule has 0 bridgehead atoms. The highest BCUT2D eigenvalue weighted by atomic mass is 127. The smallest absolute Gasteiger partial charge is 0.137 e. The third kappa shape index (κ3) is 2.78. The zero-order valence-corrected chi connectivity index (χ0v) is 14.7. The quantitative estimate of drug-likeness (QED) is 0.441. The van der Waals surface area contributed by atoms with E-state index in [1.54, 1.807) is 0 Å². The Labute approximate surface area is 139 Å². The maximum Gasteiger partial charge on any atom is 0.137 e. The zero-order chi connectivity index (χ0) is 11.8. The topological polar surface area (TPSA) is 17.3 Å². The van der Waals surface area contributed by atoms with Crippen LogP contribution in [-0.4, -0.2) is 9.38 Å². The predicted octanol–water partition coefficient (Wildman–Crippen LogP) is 5.14. The molecule has 2 nitrogen and oxygen atoms in total. The van der Waals surface area contributed by atoms with Crippen LogP contribution < -0.4 is 0 Å². The van der Waals surface area contributed by atoms with Gasteiger partial charge in [0, 0.05) is 26.9 Å². The van der Waals surface area contributed by atoms with Gasteiger partial charge in [0.1, 0.15) is 5.65 Å². The Morgan fingerprint density at radius 1 is 0.944 bits per heavy atom. The van der Waals surface area contributed by atoms with Crippen LogP contribution in [0, 0.1) is 0 Å². The molecule has 5 heteroatoms. The lowest BCUT2D eigenvalue weighted by molar-refractivity contribution is 1.17. The molecule has 0 atom stereocenters. The van der Waals surface area contributed by atoms with Gasteiger partial charge in [-0.3, -0.25) is 0 Å². The number of fused-ring (bicyclic) bond motifs is 1. The maximum atomic E-state index is 4.59. The van der Waals surface area contributed by atoms with E-state index in [0.717, 1.165) is 25.8 Å². The Hall–Kier alpha value is -0.400. The van der Waals surface area contributed by atoms with Crippen molar-refractivity contribution in [1.29, 1.82) is 0 Å². The van der Waals surface area contributed by atoms with Crippen molar-refractivity contribution in [2.75, 3.05) is 0 Å². The van der Waals surface area contributed by atoms with E-state index in [0.29, 0.717) is 0 Å². The molecule has 0 spiro atoms. The van der Waals surface area contributed by atoms with Crippen LogP contribution in [0.25, 0.3) is 16.9 Å². The van der Waals surface area contributed by atoms with Crippen LogP contribution in [0.2, 0.25) is 0 Å². The molecule has 0 aliphatic heterocycles. The third-order valence-electron chi connectivity index (χ3n) is 2.54. The largest absolute Gasteiger partial charge is 0.305 e. The van der Waals surface area contributed by atoms with Gasteiger partial charge in [0.05, 0.1) is 5.69 Å². The summed E-state index contributed by atoms with van der Waals surface area (Å²) in [6.45, 7) is 0. The van der Waals surface area contributed by atoms with Crippen molar-refractivity contribution >= 4 is 61.5 Å². The molecular weight excluding hydrogens is 471 g/mol. The van der Waals surface area contributed by atoms with Gasteiger partial charge in [-0.15, -0.1) is 24.0 Å². The summed E-state index contributed by atoms with van der Waals surface area (Å²) in [5.41, 5.74) is 3.03. The lowest BCUT2D eigenvalue weighted by Crippen LogP contribution is -1.80. The number of rotatable bonds is 1. The van der Waals surface area contributed by atoms with Gasteiger partial charge < -0.3 is 4.40 Å². The summed E-state index contributed by atoms with van der Waals surface area (Å²) >= 11 is 6.93. The standard InChI is InChI=1S/C13H8Br2N2.HI/c14-10-3-1-2-9(6-10)12-8-17-7-11(15)4-5-13(17)16-12;/h1-8H;1H. The Kier molecular flexibility index (Phi) is 4.45. The van der Waals surface area contributed by atoms with Crippen molar-refractivity contribution in [2.24, 2.45) is 0 Å². The molecule has 0 saturated carbocycles. The lowest BCUT2D eigenvalue weighted by Gasteiger charge is -1.95. The molecule has 92 valence electrons. The number of hydrogen-bond acceptors (Lipinski definition) is 1. The van der Waals surface area contributed by atoms with Crippen LogP contribution in [0.5, 0.6) is 0 Å². The lowest BCUT2D eigenvalue weighted by atomic mass is 10.2. The van der Waals surface area contributed by atoms with Crippen LogP contribution >= 0.6 is 55.8 Å². The molecule has 3 aromatic rings. The first kappa shape index (κ1) is 14.0. The van der Waals surface area contributed by atoms with Gasteiger partial charge in [-0.05, 0) is 40.2 Å². The van der Waals surface area contributed by atoms with Crippen LogP contribution in [-0.2, 0) is 0 Å². The van der Waals surface area contributed by atoms with Crippen molar-refractivity contribution in [2.45, 2.75) is 0 Å². The number of pyridine rings is 1. The minimum absolute atomic E-state index is 0. The second kappa shape index (κ2) is 5.71. The second-order valence-corrected chi connectivity index (χ2v) is 5.58. The Bertz CT molecular complexity index is 694. The van der Waals surface area contributed by atoms with Gasteiger partial charge >= 0.3 is 0 Å². The van der Waals surface area contributed by atoms with Crippen molar-refractivity contribution in [3.05, 3.63) is 57.7 Å². The second-order valence-electron chi connectivity index (χ2n) is 3.75. The normalized spacial score (nSPS) is 10.3. The summed E-state index contributed by atoms with van der Waals surface area (Å²) in [6.07, 6.45) is 4.03. The highest BCUT2D eigenvalue weighted by molar-refractivity contribution is 14.0. The van der Waals surface area contributed by atoms with Crippen molar-refractivity contribution in [3.8, 4) is 11.3 Å². The molecule has 0 amide bonds. The van der Waals surface area contributed by atoms with Gasteiger partial charge in [-0.25, -0.2) is 4.98 Å². The molecule has 0 saturated heterocycles. The fourth-order valence-electron chi connectivity index (χ4n) is 1.75. The predicted molar refractivity (Wildman–Crippen MR) is 91.4 cm³/mol. The molecule has 1 aromatic carbocycles. The summed E-state index contributed by atoms with van der Waals surface area (Å²) in [6, 6.07) is 12.1. The third-order valence-corrected chi connectivity index (χ3v) is 3.50. The van der Waals surface area contributed by atoms with E-state index in [2.05, 4.69) is 49.0 Å². The highest BCUT2D eigenvalue weighted by Gasteiger charge is 2.04. The van der Waals surface area contributed by atoms with Crippen LogP contribution in [0.3, 0.4) is 0 Å². The molecule has 2 heterocycles. The Morgan fingerprint density at radius 3 is 2.56 bits per heavy atom. The average molecular weight is 480 g/mol. The van der Waals surface area contributed by atoms with E-state index in [1.807, 2.05) is 41.1 Å². The Morgan fingerprint density at radius 2 is 1.78 bits per heavy atom. The number of hydrogen-bond donors (Lipinski definition) is 0. The number of benzene rings is 1. The number of nitrogens with zero attached hydrogens (tertiary/aromatic N) is 2. The minimum atomic E-state index is 0. The maximum absolute atomic E-state index is 4.59. The van der Waals surface area contributed by atoms with Gasteiger partial charge in [0.2, 0.25) is 0 Å². The molecule has 0 N–H and O–H groups in total. The number of imidazole rings is 1. The first-order valence-electron chi connectivity index (χ1n) is 5.12. The van der Waals surface area contributed by atoms with Crippen molar-refractivity contribution in [1.82, 2.24) is 9.38 Å². The number of aromatic nitrogens is 2. The fraction of sp³-hybridized carbons (Fsp3) is 0. The van der Waals surface area contributed by atoms with Crippen LogP contribution in [0.1, 0.15) is 0 Å². The monoisotopic (exact) mass is 478 g/mol. The van der Waals surface area contributed by atoms with E-state index in [-0.39, 0.29) is 24.0 Å². The molecule has 0 aliphatic rings. The molecular formula is C13H9Br2IN2. The first-order chi connectivity index (χ1) is 8.22. The van der Waals surface area contributed by atoms with Gasteiger partial charge in [0.25, 0.3) is 0 Å². The fourth-order valence-corrected chi connectivity index (χ4v) is 2.50. The summed E-state index contributed by atoms with van der Waals surface area (Å²) < 4.78 is 4.12. The molecule has 0 aliphatic carbocycles. The van der Waals surface area contributed by atoms with E-state index in [4.69, 9.17) is 0 Å². The van der Waals surface area contributed by atoms with E-state index >= 15 is 0 Å². The van der Waals surface area contributed by atoms with Crippen molar-refractivity contribution < 1.29 is 0 Å². The SMILES string of the molecule is Brc1cccc(-c2cn3cc(Br)ccc3n2)c1.I. The summed E-state index contributed by atoms with van der Waals surface area (Å²) in [7, 11) is 0. The van der Waals surface area contributed by atoms with Crippen LogP contribution in [0.4, 0.5) is 0 Å². The van der Waals surface area contributed by atoms with Crippen LogP contribution in [0.15, 0.2) is 57.7 Å². The summed E-state index contributed by atoms with van der Waals surface area (Å²) in [4.78, 5) is 4.59. The Balaban J connectivity index is 0.00000120. The molecule has 0 fully saturated rings. The average Bonchev–Trinajstić information content (AvgIpc) is 2.72. The van der Waals surface area contributed by atoms with Crippen molar-refractivity contribution in [3.63, 3.8) is 0 Å². The molecule has 0 radical (unpaired) electrons. The first-order valence-corrected chi connectivity index (χ1v) is 6.71. The molecule has 18 heavy (non-hydrogen) atoms. The zero-order valence-electron chi connectivity index (χ0n) is 9.18. The molecule has 2 aromatic heterocycles. The van der Waals surface area contributed by atoms with E-state index in [9.17, 15) is 0 Å². The van der Waals surface area contributed by atoms with Gasteiger partial charge in [-0.1, -0.05) is 28.1 Å². The van der Waals surface area contributed by atoms with E-state index in [1.165, 1.54) is 0 Å². The summed E-state index contributed by atoms with van der Waals surface area (Å²) in [5, 5.41) is 0. The highest BCUT2D eigenvalue weighted by Crippen LogP contribution is 2.23. The van der Waals surface area contributed by atoms with E-state index < -0.39 is 0 Å².